The van der Waals surface area contributed by atoms with Gasteiger partial charge in [0.2, 0.25) is 9.97 Å². The molecule has 3 aromatic rings. The van der Waals surface area contributed by atoms with Crippen LogP contribution in [0.25, 0.3) is 4.96 Å². The molecule has 2 aromatic heterocycles. The predicted octanol–water partition coefficient (Wildman–Crippen LogP) is 1.77. The minimum Gasteiger partial charge on any atom is -0.335 e. The summed E-state index contributed by atoms with van der Waals surface area (Å²) in [6.07, 6.45) is 0. The lowest BCUT2D eigenvalue weighted by atomic mass is 10.2. The molecule has 20 heavy (non-hydrogen) atoms. The number of hydrogen-bond donors (Lipinski definition) is 0. The van der Waals surface area contributed by atoms with E-state index < -0.39 is 0 Å². The number of hydrogen-bond acceptors (Lipinski definition) is 5. The standard InChI is InChI=1S/C13H13N5OS/c1-9-14-15-13-18(9)16-11(20-13)12(19)17(2)8-10-6-4-3-5-7-10/h3-7H,8H2,1-2H3. The zero-order valence-corrected chi connectivity index (χ0v) is 12.0. The number of aromatic nitrogens is 4. The molecular formula is C13H13N5OS. The normalized spacial score (nSPS) is 10.9. The lowest BCUT2D eigenvalue weighted by molar-refractivity contribution is 0.0783. The van der Waals surface area contributed by atoms with Gasteiger partial charge in [-0.15, -0.1) is 15.3 Å². The maximum absolute atomic E-state index is 12.3. The molecule has 0 aliphatic carbocycles. The van der Waals surface area contributed by atoms with Gasteiger partial charge in [-0.05, 0) is 12.5 Å². The Bertz CT molecular complexity index is 749. The molecule has 0 saturated carbocycles. The molecule has 2 heterocycles. The first kappa shape index (κ1) is 12.7. The number of aryl methyl sites for hydroxylation is 1. The summed E-state index contributed by atoms with van der Waals surface area (Å²) >= 11 is 1.25. The highest BCUT2D eigenvalue weighted by Crippen LogP contribution is 2.16. The fourth-order valence-corrected chi connectivity index (χ4v) is 2.77. The van der Waals surface area contributed by atoms with Crippen molar-refractivity contribution < 1.29 is 4.79 Å². The largest absolute Gasteiger partial charge is 0.335 e. The number of carbonyl (C=O) groups excluding carboxylic acids is 1. The second kappa shape index (κ2) is 5.01. The van der Waals surface area contributed by atoms with Gasteiger partial charge in [0.25, 0.3) is 5.91 Å². The van der Waals surface area contributed by atoms with Crippen molar-refractivity contribution in [1.29, 1.82) is 0 Å². The van der Waals surface area contributed by atoms with Crippen LogP contribution in [0.4, 0.5) is 0 Å². The fraction of sp³-hybridized carbons (Fsp3) is 0.231. The van der Waals surface area contributed by atoms with E-state index in [0.717, 1.165) is 5.56 Å². The highest BCUT2D eigenvalue weighted by molar-refractivity contribution is 7.18. The van der Waals surface area contributed by atoms with E-state index in [0.29, 0.717) is 22.3 Å². The van der Waals surface area contributed by atoms with E-state index in [9.17, 15) is 4.79 Å². The number of fused-ring (bicyclic) bond motifs is 1. The molecule has 0 N–H and O–H groups in total. The lowest BCUT2D eigenvalue weighted by Crippen LogP contribution is -2.26. The minimum absolute atomic E-state index is 0.108. The lowest BCUT2D eigenvalue weighted by Gasteiger charge is -2.15. The minimum atomic E-state index is -0.108. The summed E-state index contributed by atoms with van der Waals surface area (Å²) in [5.74, 6) is 0.574. The molecule has 0 unspecified atom stereocenters. The average Bonchev–Trinajstić information content (AvgIpc) is 3.02. The van der Waals surface area contributed by atoms with Crippen LogP contribution in [-0.4, -0.2) is 37.7 Å². The summed E-state index contributed by atoms with van der Waals surface area (Å²) in [7, 11) is 1.77. The molecule has 0 atom stereocenters. The van der Waals surface area contributed by atoms with Crippen LogP contribution in [0.2, 0.25) is 0 Å². The molecule has 0 saturated heterocycles. The van der Waals surface area contributed by atoms with E-state index >= 15 is 0 Å². The molecule has 7 heteroatoms. The van der Waals surface area contributed by atoms with Crippen molar-refractivity contribution >= 4 is 22.2 Å². The number of nitrogens with zero attached hydrogens (tertiary/aromatic N) is 5. The van der Waals surface area contributed by atoms with Crippen molar-refractivity contribution in [2.75, 3.05) is 7.05 Å². The van der Waals surface area contributed by atoms with Crippen LogP contribution in [0, 0.1) is 6.92 Å². The Morgan fingerprint density at radius 3 is 2.75 bits per heavy atom. The van der Waals surface area contributed by atoms with Crippen molar-refractivity contribution in [3.63, 3.8) is 0 Å². The van der Waals surface area contributed by atoms with Crippen LogP contribution < -0.4 is 0 Å². The summed E-state index contributed by atoms with van der Waals surface area (Å²) in [6, 6.07) is 9.86. The molecule has 6 nitrogen and oxygen atoms in total. The third kappa shape index (κ3) is 2.27. The van der Waals surface area contributed by atoms with Crippen LogP contribution in [0.3, 0.4) is 0 Å². The van der Waals surface area contributed by atoms with E-state index in [2.05, 4.69) is 15.3 Å². The molecule has 0 bridgehead atoms. The molecular weight excluding hydrogens is 274 g/mol. The van der Waals surface area contributed by atoms with Crippen molar-refractivity contribution in [2.45, 2.75) is 13.5 Å². The first-order chi connectivity index (χ1) is 9.65. The molecule has 0 spiro atoms. The highest BCUT2D eigenvalue weighted by Gasteiger charge is 2.19. The third-order valence-corrected chi connectivity index (χ3v) is 3.83. The summed E-state index contributed by atoms with van der Waals surface area (Å²) in [4.78, 5) is 14.6. The average molecular weight is 287 g/mol. The third-order valence-electron chi connectivity index (χ3n) is 2.94. The van der Waals surface area contributed by atoms with Crippen LogP contribution in [-0.2, 0) is 6.54 Å². The zero-order chi connectivity index (χ0) is 14.1. The molecule has 102 valence electrons. The van der Waals surface area contributed by atoms with Gasteiger partial charge in [-0.2, -0.15) is 4.52 Å². The fourth-order valence-electron chi connectivity index (χ4n) is 1.89. The summed E-state index contributed by atoms with van der Waals surface area (Å²) in [5, 5.41) is 12.5. The maximum atomic E-state index is 12.3. The number of benzene rings is 1. The Balaban J connectivity index is 1.80. The van der Waals surface area contributed by atoms with Crippen molar-refractivity contribution in [2.24, 2.45) is 0 Å². The number of carbonyl (C=O) groups is 1. The van der Waals surface area contributed by atoms with Crippen molar-refractivity contribution in [3.05, 3.63) is 46.7 Å². The van der Waals surface area contributed by atoms with Gasteiger partial charge in [-0.3, -0.25) is 4.79 Å². The molecule has 0 aliphatic heterocycles. The molecule has 0 fully saturated rings. The topological polar surface area (TPSA) is 63.4 Å². The molecule has 1 amide bonds. The van der Waals surface area contributed by atoms with E-state index in [1.54, 1.807) is 16.5 Å². The Labute approximate surface area is 119 Å². The summed E-state index contributed by atoms with van der Waals surface area (Å²) in [6.45, 7) is 2.36. The van der Waals surface area contributed by atoms with E-state index in [-0.39, 0.29) is 5.91 Å². The number of rotatable bonds is 3. The van der Waals surface area contributed by atoms with E-state index in [4.69, 9.17) is 0 Å². The second-order valence-corrected chi connectivity index (χ2v) is 5.45. The first-order valence-corrected chi connectivity index (χ1v) is 6.95. The van der Waals surface area contributed by atoms with Crippen molar-refractivity contribution in [3.8, 4) is 0 Å². The van der Waals surface area contributed by atoms with E-state index in [1.165, 1.54) is 11.3 Å². The van der Waals surface area contributed by atoms with Crippen LogP contribution in [0.5, 0.6) is 0 Å². The Hall–Kier alpha value is -2.28. The monoisotopic (exact) mass is 287 g/mol. The van der Waals surface area contributed by atoms with Gasteiger partial charge in [0.05, 0.1) is 0 Å². The van der Waals surface area contributed by atoms with Crippen LogP contribution >= 0.6 is 11.3 Å². The molecule has 3 rings (SSSR count). The SMILES string of the molecule is Cc1nnc2sc(C(=O)N(C)Cc3ccccc3)nn12. The summed E-state index contributed by atoms with van der Waals surface area (Å²) < 4.78 is 1.59. The van der Waals surface area contributed by atoms with Gasteiger partial charge in [0, 0.05) is 13.6 Å². The quantitative estimate of drug-likeness (QED) is 0.736. The van der Waals surface area contributed by atoms with Gasteiger partial charge in [-0.1, -0.05) is 41.7 Å². The van der Waals surface area contributed by atoms with Gasteiger partial charge in [0.15, 0.2) is 5.82 Å². The zero-order valence-electron chi connectivity index (χ0n) is 11.1. The van der Waals surface area contributed by atoms with E-state index in [1.807, 2.05) is 37.3 Å². The summed E-state index contributed by atoms with van der Waals surface area (Å²) in [5.41, 5.74) is 1.09. The van der Waals surface area contributed by atoms with Gasteiger partial charge < -0.3 is 4.90 Å². The first-order valence-electron chi connectivity index (χ1n) is 6.13. The smallest absolute Gasteiger partial charge is 0.284 e. The Morgan fingerprint density at radius 1 is 1.30 bits per heavy atom. The van der Waals surface area contributed by atoms with Crippen LogP contribution in [0.15, 0.2) is 30.3 Å². The Kier molecular flexibility index (Phi) is 3.19. The molecule has 0 aliphatic rings. The van der Waals surface area contributed by atoms with Gasteiger partial charge in [0.1, 0.15) is 0 Å². The predicted molar refractivity (Wildman–Crippen MR) is 75.6 cm³/mol. The maximum Gasteiger partial charge on any atom is 0.284 e. The molecule has 1 aromatic carbocycles. The van der Waals surface area contributed by atoms with Gasteiger partial charge in [-0.25, -0.2) is 0 Å². The second-order valence-electron chi connectivity index (χ2n) is 4.50. The molecule has 0 radical (unpaired) electrons. The van der Waals surface area contributed by atoms with Crippen LogP contribution in [0.1, 0.15) is 21.2 Å². The Morgan fingerprint density at radius 2 is 2.05 bits per heavy atom. The van der Waals surface area contributed by atoms with Crippen molar-refractivity contribution in [1.82, 2.24) is 24.7 Å². The van der Waals surface area contributed by atoms with Gasteiger partial charge >= 0.3 is 0 Å². The highest BCUT2D eigenvalue weighted by atomic mass is 32.1. The number of amides is 1.